The van der Waals surface area contributed by atoms with Crippen molar-refractivity contribution in [3.05, 3.63) is 42.1 Å². The molecule has 0 atom stereocenters. The van der Waals surface area contributed by atoms with Crippen molar-refractivity contribution in [3.8, 4) is 5.82 Å². The molecule has 3 heterocycles. The Morgan fingerprint density at radius 1 is 1.10 bits per heavy atom. The van der Waals surface area contributed by atoms with Gasteiger partial charge in [-0.2, -0.15) is 0 Å². The fourth-order valence-corrected chi connectivity index (χ4v) is 3.65. The Morgan fingerprint density at radius 2 is 1.93 bits per heavy atom. The van der Waals surface area contributed by atoms with Crippen molar-refractivity contribution in [2.45, 2.75) is 52.5 Å². The van der Waals surface area contributed by atoms with Gasteiger partial charge < -0.3 is 15.5 Å². The lowest BCUT2D eigenvalue weighted by atomic mass is 10.2. The van der Waals surface area contributed by atoms with Gasteiger partial charge in [0.25, 0.3) is 0 Å². The van der Waals surface area contributed by atoms with E-state index in [1.165, 1.54) is 45.3 Å². The molecule has 1 saturated heterocycles. The second kappa shape index (κ2) is 11.6. The van der Waals surface area contributed by atoms with Crippen molar-refractivity contribution in [2.24, 2.45) is 4.99 Å². The largest absolute Gasteiger partial charge is 0.357 e. The van der Waals surface area contributed by atoms with E-state index in [-0.39, 0.29) is 0 Å². The summed E-state index contributed by atoms with van der Waals surface area (Å²) < 4.78 is 1.98. The number of nitrogens with one attached hydrogen (secondary N) is 2. The minimum atomic E-state index is 0.609. The summed E-state index contributed by atoms with van der Waals surface area (Å²) in [5.41, 5.74) is 1.09. The fraction of sp³-hybridized carbons (Fsp3) is 0.591. The lowest BCUT2D eigenvalue weighted by molar-refractivity contribution is 0.282. The normalized spacial score (nSPS) is 15.9. The first-order chi connectivity index (χ1) is 14.3. The predicted molar refractivity (Wildman–Crippen MR) is 118 cm³/mol. The summed E-state index contributed by atoms with van der Waals surface area (Å²) in [5, 5.41) is 6.80. The molecule has 1 aliphatic rings. The molecule has 0 unspecified atom stereocenters. The van der Waals surface area contributed by atoms with Gasteiger partial charge in [-0.05, 0) is 64.4 Å². The maximum atomic E-state index is 4.71. The Balaban J connectivity index is 1.46. The van der Waals surface area contributed by atoms with Crippen molar-refractivity contribution in [2.75, 3.05) is 32.7 Å². The predicted octanol–water partition coefficient (Wildman–Crippen LogP) is 2.90. The van der Waals surface area contributed by atoms with Gasteiger partial charge in [-0.1, -0.05) is 18.9 Å². The quantitative estimate of drug-likeness (QED) is 0.407. The molecule has 0 amide bonds. The number of likely N-dealkylation sites (tertiary alicyclic amines) is 1. The number of rotatable bonds is 8. The zero-order valence-electron chi connectivity index (χ0n) is 17.9. The molecule has 29 heavy (non-hydrogen) atoms. The van der Waals surface area contributed by atoms with Crippen LogP contribution < -0.4 is 10.6 Å². The van der Waals surface area contributed by atoms with E-state index in [1.807, 2.05) is 30.0 Å². The fourth-order valence-electron chi connectivity index (χ4n) is 3.65. The van der Waals surface area contributed by atoms with E-state index in [0.717, 1.165) is 42.7 Å². The molecule has 7 heteroatoms. The van der Waals surface area contributed by atoms with Crippen LogP contribution in [-0.4, -0.2) is 58.1 Å². The average Bonchev–Trinajstić information content (AvgIpc) is 3.00. The van der Waals surface area contributed by atoms with Gasteiger partial charge in [0, 0.05) is 31.7 Å². The molecule has 2 aromatic rings. The van der Waals surface area contributed by atoms with E-state index in [1.54, 1.807) is 6.20 Å². The van der Waals surface area contributed by atoms with Gasteiger partial charge in [-0.25, -0.2) is 15.0 Å². The minimum absolute atomic E-state index is 0.609. The van der Waals surface area contributed by atoms with E-state index < -0.39 is 0 Å². The SMILES string of the molecule is CCNC(=NCc1ccc(-n2ccnc2C)nc1)NCCCN1CCCCCC1. The van der Waals surface area contributed by atoms with Gasteiger partial charge in [-0.15, -0.1) is 0 Å². The summed E-state index contributed by atoms with van der Waals surface area (Å²) in [5.74, 6) is 2.69. The number of pyridine rings is 1. The zero-order valence-corrected chi connectivity index (χ0v) is 17.9. The minimum Gasteiger partial charge on any atom is -0.357 e. The molecule has 2 N–H and O–H groups in total. The zero-order chi connectivity index (χ0) is 20.3. The van der Waals surface area contributed by atoms with Crippen LogP contribution in [0.3, 0.4) is 0 Å². The van der Waals surface area contributed by atoms with Gasteiger partial charge in [0.15, 0.2) is 5.96 Å². The first-order valence-electron chi connectivity index (χ1n) is 11.0. The van der Waals surface area contributed by atoms with Crippen LogP contribution in [-0.2, 0) is 6.54 Å². The Kier molecular flexibility index (Phi) is 8.49. The van der Waals surface area contributed by atoms with Crippen molar-refractivity contribution in [3.63, 3.8) is 0 Å². The van der Waals surface area contributed by atoms with Gasteiger partial charge in [0.1, 0.15) is 11.6 Å². The number of hydrogen-bond donors (Lipinski definition) is 2. The topological polar surface area (TPSA) is 70.4 Å². The van der Waals surface area contributed by atoms with E-state index in [9.17, 15) is 0 Å². The molecule has 3 rings (SSSR count). The molecule has 0 radical (unpaired) electrons. The molecule has 0 saturated carbocycles. The maximum absolute atomic E-state index is 4.71. The summed E-state index contributed by atoms with van der Waals surface area (Å²) in [6.07, 6.45) is 12.2. The summed E-state index contributed by atoms with van der Waals surface area (Å²) >= 11 is 0. The first kappa shape index (κ1) is 21.3. The van der Waals surface area contributed by atoms with Crippen LogP contribution >= 0.6 is 0 Å². The summed E-state index contributed by atoms with van der Waals surface area (Å²) in [7, 11) is 0. The van der Waals surface area contributed by atoms with E-state index in [2.05, 4.69) is 38.5 Å². The van der Waals surface area contributed by atoms with Crippen LogP contribution in [0.25, 0.3) is 5.82 Å². The number of aryl methyl sites for hydroxylation is 1. The molecule has 0 bridgehead atoms. The smallest absolute Gasteiger partial charge is 0.191 e. The lowest BCUT2D eigenvalue weighted by Gasteiger charge is -2.20. The molecule has 0 spiro atoms. The Hall–Kier alpha value is -2.41. The van der Waals surface area contributed by atoms with E-state index in [4.69, 9.17) is 4.99 Å². The standard InChI is InChI=1S/C22H35N7/c1-3-23-22(25-11-8-15-28-13-6-4-5-7-14-28)27-18-20-9-10-21(26-17-20)29-16-12-24-19(29)2/h9-10,12,16-17H,3-8,11,13-15,18H2,1-2H3,(H2,23,25,27). The number of nitrogens with zero attached hydrogens (tertiary/aromatic N) is 5. The number of guanidine groups is 1. The average molecular weight is 398 g/mol. The number of hydrogen-bond acceptors (Lipinski definition) is 4. The highest BCUT2D eigenvalue weighted by atomic mass is 15.2. The molecule has 2 aromatic heterocycles. The Labute approximate surface area is 174 Å². The Bertz CT molecular complexity index is 743. The maximum Gasteiger partial charge on any atom is 0.191 e. The third-order valence-electron chi connectivity index (χ3n) is 5.29. The molecular formula is C22H35N7. The van der Waals surface area contributed by atoms with Crippen LogP contribution in [0.4, 0.5) is 0 Å². The lowest BCUT2D eigenvalue weighted by Crippen LogP contribution is -2.39. The van der Waals surface area contributed by atoms with Crippen molar-refractivity contribution in [1.82, 2.24) is 30.1 Å². The molecule has 1 fully saturated rings. The highest BCUT2D eigenvalue weighted by Crippen LogP contribution is 2.10. The molecule has 0 aromatic carbocycles. The van der Waals surface area contributed by atoms with Gasteiger partial charge in [0.05, 0.1) is 6.54 Å². The van der Waals surface area contributed by atoms with Crippen LogP contribution in [0, 0.1) is 6.92 Å². The number of aromatic nitrogens is 3. The highest BCUT2D eigenvalue weighted by molar-refractivity contribution is 5.79. The van der Waals surface area contributed by atoms with Crippen LogP contribution in [0.1, 0.15) is 50.4 Å². The molecular weight excluding hydrogens is 362 g/mol. The molecule has 158 valence electrons. The third kappa shape index (κ3) is 6.85. The number of aliphatic imine (C=N–C) groups is 1. The van der Waals surface area contributed by atoms with E-state index >= 15 is 0 Å². The second-order valence-corrected chi connectivity index (χ2v) is 7.60. The highest BCUT2D eigenvalue weighted by Gasteiger charge is 2.08. The van der Waals surface area contributed by atoms with Crippen LogP contribution in [0.5, 0.6) is 0 Å². The monoisotopic (exact) mass is 397 g/mol. The van der Waals surface area contributed by atoms with Crippen molar-refractivity contribution < 1.29 is 0 Å². The number of imidazole rings is 1. The molecule has 7 nitrogen and oxygen atoms in total. The van der Waals surface area contributed by atoms with Crippen molar-refractivity contribution >= 4 is 5.96 Å². The molecule has 1 aliphatic heterocycles. The van der Waals surface area contributed by atoms with Crippen LogP contribution in [0.15, 0.2) is 35.7 Å². The second-order valence-electron chi connectivity index (χ2n) is 7.60. The van der Waals surface area contributed by atoms with E-state index in [0.29, 0.717) is 6.54 Å². The summed E-state index contributed by atoms with van der Waals surface area (Å²) in [4.78, 5) is 16.1. The van der Waals surface area contributed by atoms with Gasteiger partial charge >= 0.3 is 0 Å². The Morgan fingerprint density at radius 3 is 2.59 bits per heavy atom. The third-order valence-corrected chi connectivity index (χ3v) is 5.29. The van der Waals surface area contributed by atoms with Gasteiger partial charge in [0.2, 0.25) is 0 Å². The van der Waals surface area contributed by atoms with Gasteiger partial charge in [-0.3, -0.25) is 4.57 Å². The first-order valence-corrected chi connectivity index (χ1v) is 11.0. The summed E-state index contributed by atoms with van der Waals surface area (Å²) in [6.45, 7) is 10.2. The summed E-state index contributed by atoms with van der Waals surface area (Å²) in [6, 6.07) is 4.09. The van der Waals surface area contributed by atoms with Crippen LogP contribution in [0.2, 0.25) is 0 Å². The van der Waals surface area contributed by atoms with Crippen molar-refractivity contribution in [1.29, 1.82) is 0 Å². The molecule has 0 aliphatic carbocycles.